The van der Waals surface area contributed by atoms with E-state index in [0.29, 0.717) is 29.6 Å². The molecule has 1 aromatic carbocycles. The molecule has 1 atom stereocenters. The molecule has 160 valence electrons. The number of pyridine rings is 1. The van der Waals surface area contributed by atoms with Gasteiger partial charge in [0, 0.05) is 34.3 Å². The zero-order chi connectivity index (χ0) is 22.2. The second-order valence-corrected chi connectivity index (χ2v) is 9.09. The van der Waals surface area contributed by atoms with Crippen LogP contribution in [0.5, 0.6) is 0 Å². The van der Waals surface area contributed by atoms with Gasteiger partial charge < -0.3 is 5.11 Å². The predicted molar refractivity (Wildman–Crippen MR) is 128 cm³/mol. The number of ketones is 1. The average molecular weight is 442 g/mol. The summed E-state index contributed by atoms with van der Waals surface area (Å²) in [6.45, 7) is 1.99. The van der Waals surface area contributed by atoms with E-state index in [1.165, 1.54) is 0 Å². The van der Waals surface area contributed by atoms with Crippen molar-refractivity contribution in [2.45, 2.75) is 32.1 Å². The Morgan fingerprint density at radius 2 is 1.97 bits per heavy atom. The van der Waals surface area contributed by atoms with Gasteiger partial charge >= 0.3 is 0 Å². The summed E-state index contributed by atoms with van der Waals surface area (Å²) in [5, 5.41) is 22.7. The van der Waals surface area contributed by atoms with Gasteiger partial charge in [-0.3, -0.25) is 20.1 Å². The van der Waals surface area contributed by atoms with Crippen LogP contribution in [0.4, 0.5) is 5.69 Å². The Balaban J connectivity index is 1.81. The molecular weight excluding hydrogens is 418 g/mol. The quantitative estimate of drug-likeness (QED) is 0.488. The third kappa shape index (κ3) is 3.37. The first-order chi connectivity index (χ1) is 15.6. The summed E-state index contributed by atoms with van der Waals surface area (Å²) < 4.78 is 0. The number of anilines is 1. The number of nitrogens with zero attached hydrogens (tertiary/aromatic N) is 2. The van der Waals surface area contributed by atoms with Crippen molar-refractivity contribution >= 4 is 34.4 Å². The molecule has 0 saturated carbocycles. The number of hydrogen-bond donors (Lipinski definition) is 2. The lowest BCUT2D eigenvalue weighted by Crippen LogP contribution is -2.42. The van der Waals surface area contributed by atoms with Crippen LogP contribution in [-0.4, -0.2) is 21.7 Å². The molecule has 0 unspecified atom stereocenters. The van der Waals surface area contributed by atoms with Gasteiger partial charge in [0.25, 0.3) is 0 Å². The fourth-order valence-corrected chi connectivity index (χ4v) is 5.41. The van der Waals surface area contributed by atoms with E-state index < -0.39 is 5.92 Å². The van der Waals surface area contributed by atoms with Crippen LogP contribution in [0.25, 0.3) is 5.76 Å². The summed E-state index contributed by atoms with van der Waals surface area (Å²) in [5.41, 5.74) is 4.43. The fourth-order valence-electron chi connectivity index (χ4n) is 4.57. The van der Waals surface area contributed by atoms with Gasteiger partial charge in [-0.05, 0) is 43.3 Å². The Hall–Kier alpha value is -3.51. The molecule has 3 aromatic rings. The van der Waals surface area contributed by atoms with Crippen molar-refractivity contribution in [3.05, 3.63) is 99.2 Å². The van der Waals surface area contributed by atoms with E-state index in [0.717, 1.165) is 28.2 Å². The number of carbonyl (C=O) groups excluding carboxylic acids is 1. The first-order valence-electron chi connectivity index (χ1n) is 10.6. The third-order valence-corrected chi connectivity index (χ3v) is 7.00. The van der Waals surface area contributed by atoms with Crippen LogP contribution < -0.4 is 4.90 Å². The van der Waals surface area contributed by atoms with E-state index in [4.69, 9.17) is 0 Å². The minimum atomic E-state index is -0.459. The largest absolute Gasteiger partial charge is 0.507 e. The molecule has 2 N–H and O–H groups in total. The van der Waals surface area contributed by atoms with Crippen molar-refractivity contribution in [2.75, 3.05) is 4.90 Å². The van der Waals surface area contributed by atoms with Crippen molar-refractivity contribution in [2.24, 2.45) is 0 Å². The van der Waals surface area contributed by atoms with Gasteiger partial charge in [0.05, 0.1) is 23.4 Å². The van der Waals surface area contributed by atoms with Gasteiger partial charge in [0.2, 0.25) is 0 Å². The number of hydrogen-bond acceptors (Lipinski definition) is 5. The normalized spacial score (nSPS) is 20.4. The maximum Gasteiger partial charge on any atom is 0.161 e. The SMILES string of the molecule is Cc1ccc(C(O)=C2C(=N)N(c3cccnc3)C3=C(C(=O)CCC3)[C@@H]2c2cccs2)cc1. The Morgan fingerprint density at radius 1 is 1.16 bits per heavy atom. The molecule has 1 aliphatic heterocycles. The summed E-state index contributed by atoms with van der Waals surface area (Å²) in [6, 6.07) is 15.2. The molecule has 32 heavy (non-hydrogen) atoms. The predicted octanol–water partition coefficient (Wildman–Crippen LogP) is 6.01. The minimum absolute atomic E-state index is 0.0345. The summed E-state index contributed by atoms with van der Waals surface area (Å²) in [4.78, 5) is 20.3. The molecule has 0 bridgehead atoms. The molecule has 5 nitrogen and oxygen atoms in total. The van der Waals surface area contributed by atoms with Crippen molar-refractivity contribution in [3.8, 4) is 0 Å². The molecular formula is C26H23N3O2S. The zero-order valence-electron chi connectivity index (χ0n) is 17.7. The van der Waals surface area contributed by atoms with Crippen LogP contribution in [0.3, 0.4) is 0 Å². The van der Waals surface area contributed by atoms with Gasteiger partial charge in [-0.15, -0.1) is 11.3 Å². The van der Waals surface area contributed by atoms with Crippen LogP contribution in [-0.2, 0) is 4.79 Å². The molecule has 0 radical (unpaired) electrons. The summed E-state index contributed by atoms with van der Waals surface area (Å²) >= 11 is 1.55. The number of benzene rings is 1. The Kier molecular flexibility index (Phi) is 5.23. The second kappa shape index (κ2) is 8.20. The second-order valence-electron chi connectivity index (χ2n) is 8.11. The number of aliphatic hydroxyl groups excluding tert-OH is 1. The number of aromatic nitrogens is 1. The number of Topliss-reactive ketones (excluding diaryl/α,β-unsaturated/α-hetero) is 1. The highest BCUT2D eigenvalue weighted by molar-refractivity contribution is 7.10. The average Bonchev–Trinajstić information content (AvgIpc) is 3.34. The monoisotopic (exact) mass is 441 g/mol. The number of amidine groups is 1. The molecule has 0 saturated heterocycles. The van der Waals surface area contributed by atoms with Crippen molar-refractivity contribution in [3.63, 3.8) is 0 Å². The molecule has 0 fully saturated rings. The lowest BCUT2D eigenvalue weighted by atomic mass is 9.76. The van der Waals surface area contributed by atoms with Gasteiger partial charge in [-0.25, -0.2) is 0 Å². The maximum atomic E-state index is 13.3. The molecule has 0 spiro atoms. The van der Waals surface area contributed by atoms with Gasteiger partial charge in [-0.1, -0.05) is 35.9 Å². The number of thiophene rings is 1. The van der Waals surface area contributed by atoms with Crippen LogP contribution >= 0.6 is 11.3 Å². The molecule has 3 heterocycles. The number of aryl methyl sites for hydroxylation is 1. The Bertz CT molecular complexity index is 1240. The highest BCUT2D eigenvalue weighted by Gasteiger charge is 2.43. The van der Waals surface area contributed by atoms with Crippen molar-refractivity contribution in [1.29, 1.82) is 5.41 Å². The standard InChI is InChI=1S/C26H23N3O2S/c1-16-9-11-17(12-10-16)25(31)24-23(21-8-4-14-32-21)22-19(6-2-7-20(22)30)29(26(24)27)18-5-3-13-28-15-18/h3-5,8-15,23,27,31H,2,6-7H2,1H3/t23-/m0/s1. The van der Waals surface area contributed by atoms with E-state index in [2.05, 4.69) is 4.98 Å². The summed E-state index contributed by atoms with van der Waals surface area (Å²) in [6.07, 6.45) is 5.33. The molecule has 2 aromatic heterocycles. The van der Waals surface area contributed by atoms with Crippen molar-refractivity contribution in [1.82, 2.24) is 4.98 Å². The van der Waals surface area contributed by atoms with Crippen LogP contribution in [0.15, 0.2) is 83.1 Å². The number of rotatable bonds is 3. The lowest BCUT2D eigenvalue weighted by Gasteiger charge is -2.41. The molecule has 2 aliphatic rings. The van der Waals surface area contributed by atoms with Gasteiger partial charge in [0.15, 0.2) is 5.78 Å². The van der Waals surface area contributed by atoms with Crippen LogP contribution in [0, 0.1) is 12.3 Å². The summed E-state index contributed by atoms with van der Waals surface area (Å²) in [7, 11) is 0. The lowest BCUT2D eigenvalue weighted by molar-refractivity contribution is -0.116. The van der Waals surface area contributed by atoms with E-state index in [1.54, 1.807) is 28.6 Å². The number of allylic oxidation sites excluding steroid dienone is 2. The van der Waals surface area contributed by atoms with E-state index in [1.807, 2.05) is 60.8 Å². The Labute approximate surface area is 190 Å². The van der Waals surface area contributed by atoms with Crippen LogP contribution in [0.2, 0.25) is 0 Å². The molecule has 0 amide bonds. The maximum absolute atomic E-state index is 13.3. The molecule has 1 aliphatic carbocycles. The summed E-state index contributed by atoms with van der Waals surface area (Å²) in [5.74, 6) is -0.157. The van der Waals surface area contributed by atoms with Gasteiger partial charge in [-0.2, -0.15) is 0 Å². The van der Waals surface area contributed by atoms with E-state index in [9.17, 15) is 15.3 Å². The zero-order valence-corrected chi connectivity index (χ0v) is 18.5. The smallest absolute Gasteiger partial charge is 0.161 e. The third-order valence-electron chi connectivity index (χ3n) is 6.07. The highest BCUT2D eigenvalue weighted by Crippen LogP contribution is 2.48. The highest BCUT2D eigenvalue weighted by atomic mass is 32.1. The van der Waals surface area contributed by atoms with E-state index in [-0.39, 0.29) is 17.4 Å². The van der Waals surface area contributed by atoms with E-state index >= 15 is 0 Å². The number of aliphatic hydroxyl groups is 1. The van der Waals surface area contributed by atoms with Crippen molar-refractivity contribution < 1.29 is 9.90 Å². The topological polar surface area (TPSA) is 77.3 Å². The first kappa shape index (κ1) is 20.4. The van der Waals surface area contributed by atoms with Gasteiger partial charge in [0.1, 0.15) is 11.6 Å². The number of carbonyl (C=O) groups is 1. The van der Waals surface area contributed by atoms with Crippen LogP contribution in [0.1, 0.15) is 41.2 Å². The molecule has 6 heteroatoms. The Morgan fingerprint density at radius 3 is 2.66 bits per heavy atom. The first-order valence-corrected chi connectivity index (χ1v) is 11.5. The minimum Gasteiger partial charge on any atom is -0.507 e. The number of nitrogens with one attached hydrogen (secondary N) is 1. The molecule has 5 rings (SSSR count). The fraction of sp³-hybridized carbons (Fsp3) is 0.192.